The minimum absolute atomic E-state index is 0.164. The molecule has 1 aliphatic carbocycles. The van der Waals surface area contributed by atoms with Gasteiger partial charge in [0.1, 0.15) is 10.3 Å². The summed E-state index contributed by atoms with van der Waals surface area (Å²) in [5, 5.41) is 3.20. The lowest BCUT2D eigenvalue weighted by molar-refractivity contribution is -0.115. The molecule has 1 unspecified atom stereocenters. The third kappa shape index (κ3) is 5.60. The summed E-state index contributed by atoms with van der Waals surface area (Å²) < 4.78 is 5.11. The second-order valence-corrected chi connectivity index (χ2v) is 10.4. The quantitative estimate of drug-likeness (QED) is 0.248. The van der Waals surface area contributed by atoms with Gasteiger partial charge in [-0.25, -0.2) is 4.79 Å². The Hall–Kier alpha value is -2.77. The van der Waals surface area contributed by atoms with Gasteiger partial charge >= 0.3 is 5.97 Å². The Morgan fingerprint density at radius 3 is 2.39 bits per heavy atom. The number of thioether (sulfide) groups is 1. The van der Waals surface area contributed by atoms with Crippen molar-refractivity contribution < 1.29 is 14.3 Å². The predicted octanol–water partition coefficient (Wildman–Crippen LogP) is 6.25. The Balaban J connectivity index is 1.66. The molecule has 1 amide bonds. The summed E-state index contributed by atoms with van der Waals surface area (Å²) >= 11 is 2.98. The maximum Gasteiger partial charge on any atom is 0.341 e. The molecule has 7 heteroatoms. The van der Waals surface area contributed by atoms with Gasteiger partial charge in [0.2, 0.25) is 5.91 Å². The summed E-state index contributed by atoms with van der Waals surface area (Å²) in [6.07, 6.45) is 6.27. The fourth-order valence-corrected chi connectivity index (χ4v) is 6.39. The number of hydrogen-bond donors (Lipinski definition) is 2. The van der Waals surface area contributed by atoms with Crippen molar-refractivity contribution in [3.8, 4) is 0 Å². The van der Waals surface area contributed by atoms with Gasteiger partial charge in [-0.2, -0.15) is 0 Å². The monoisotopic (exact) mass is 480 g/mol. The minimum atomic E-state index is -0.481. The highest BCUT2D eigenvalue weighted by atomic mass is 32.2. The molecule has 2 aromatic carbocycles. The molecule has 3 N–H and O–H groups in total. The van der Waals surface area contributed by atoms with Crippen LogP contribution in [-0.4, -0.2) is 19.0 Å². The first-order chi connectivity index (χ1) is 16.1. The third-order valence-corrected chi connectivity index (χ3v) is 8.25. The van der Waals surface area contributed by atoms with Crippen molar-refractivity contribution in [1.82, 2.24) is 0 Å². The molecule has 1 aromatic heterocycles. The zero-order valence-corrected chi connectivity index (χ0v) is 20.3. The van der Waals surface area contributed by atoms with Crippen molar-refractivity contribution in [2.75, 3.05) is 18.2 Å². The zero-order chi connectivity index (χ0) is 23.2. The van der Waals surface area contributed by atoms with Gasteiger partial charge in [-0.15, -0.1) is 23.1 Å². The van der Waals surface area contributed by atoms with E-state index in [1.165, 1.54) is 41.5 Å². The van der Waals surface area contributed by atoms with E-state index in [0.717, 1.165) is 48.1 Å². The van der Waals surface area contributed by atoms with Crippen molar-refractivity contribution in [3.63, 3.8) is 0 Å². The lowest BCUT2D eigenvalue weighted by Gasteiger charge is -2.17. The summed E-state index contributed by atoms with van der Waals surface area (Å²) in [5.41, 5.74) is 8.97. The number of nitrogens with two attached hydrogens (primary N) is 1. The molecule has 1 atom stereocenters. The summed E-state index contributed by atoms with van der Waals surface area (Å²) in [4.78, 5) is 28.5. The number of ether oxygens (including phenoxy) is 1. The van der Waals surface area contributed by atoms with E-state index >= 15 is 0 Å². The molecule has 172 valence electrons. The summed E-state index contributed by atoms with van der Waals surface area (Å²) in [6.45, 7) is 0. The largest absolute Gasteiger partial charge is 0.465 e. The van der Waals surface area contributed by atoms with E-state index in [1.54, 1.807) is 0 Å². The molecule has 0 fully saturated rings. The normalized spacial score (nSPS) is 14.5. The van der Waals surface area contributed by atoms with Gasteiger partial charge in [0.25, 0.3) is 0 Å². The van der Waals surface area contributed by atoms with E-state index in [1.807, 2.05) is 54.6 Å². The number of anilines is 2. The van der Waals surface area contributed by atoms with E-state index in [2.05, 4.69) is 5.32 Å². The number of methoxy groups -OCH3 is 1. The van der Waals surface area contributed by atoms with Gasteiger partial charge in [-0.3, -0.25) is 4.79 Å². The van der Waals surface area contributed by atoms with Gasteiger partial charge < -0.3 is 15.8 Å². The number of thiophene rings is 1. The number of nitrogens with one attached hydrogen (secondary N) is 1. The highest BCUT2D eigenvalue weighted by Crippen LogP contribution is 2.40. The average molecular weight is 481 g/mol. The SMILES string of the molecule is COC(=O)c1c(NC(=O)C(Sc2ccc(N)cc2)c2ccccc2)sc2c1CCCCCC2. The molecule has 0 saturated heterocycles. The Morgan fingerprint density at radius 1 is 1.00 bits per heavy atom. The van der Waals surface area contributed by atoms with Gasteiger partial charge in [-0.05, 0) is 61.1 Å². The highest BCUT2D eigenvalue weighted by Gasteiger charge is 2.29. The van der Waals surface area contributed by atoms with Gasteiger partial charge in [-0.1, -0.05) is 43.2 Å². The number of carbonyl (C=O) groups excluding carboxylic acids is 2. The lowest BCUT2D eigenvalue weighted by Crippen LogP contribution is -2.20. The lowest BCUT2D eigenvalue weighted by atomic mass is 9.96. The fraction of sp³-hybridized carbons (Fsp3) is 0.308. The fourth-order valence-electron chi connectivity index (χ4n) is 4.09. The molecule has 4 rings (SSSR count). The molecular formula is C26H28N2O3S2. The second-order valence-electron chi connectivity index (χ2n) is 8.08. The molecule has 0 aliphatic heterocycles. The predicted molar refractivity (Wildman–Crippen MR) is 136 cm³/mol. The Bertz CT molecular complexity index is 1110. The molecule has 3 aromatic rings. The average Bonchev–Trinajstić information content (AvgIpc) is 3.14. The van der Waals surface area contributed by atoms with Crippen molar-refractivity contribution in [2.45, 2.75) is 48.7 Å². The topological polar surface area (TPSA) is 81.4 Å². The Labute approximate surface area is 202 Å². The first-order valence-corrected chi connectivity index (χ1v) is 12.9. The van der Waals surface area contributed by atoms with Crippen LogP contribution in [-0.2, 0) is 22.4 Å². The number of carbonyl (C=O) groups is 2. The molecule has 0 saturated carbocycles. The molecule has 0 spiro atoms. The molecular weight excluding hydrogens is 452 g/mol. The van der Waals surface area contributed by atoms with Crippen LogP contribution in [0.1, 0.15) is 57.3 Å². The van der Waals surface area contributed by atoms with E-state index in [4.69, 9.17) is 10.5 Å². The van der Waals surface area contributed by atoms with E-state index in [0.29, 0.717) is 16.3 Å². The van der Waals surface area contributed by atoms with E-state index < -0.39 is 5.25 Å². The maximum atomic E-state index is 13.6. The number of fused-ring (bicyclic) bond motifs is 1. The van der Waals surface area contributed by atoms with Crippen molar-refractivity contribution >= 4 is 45.7 Å². The van der Waals surface area contributed by atoms with E-state index in [9.17, 15) is 9.59 Å². The summed E-state index contributed by atoms with van der Waals surface area (Å²) in [7, 11) is 1.39. The second kappa shape index (κ2) is 10.9. The minimum Gasteiger partial charge on any atom is -0.465 e. The van der Waals surface area contributed by atoms with Crippen molar-refractivity contribution in [3.05, 3.63) is 76.2 Å². The molecule has 1 heterocycles. The van der Waals surface area contributed by atoms with Crippen molar-refractivity contribution in [2.24, 2.45) is 0 Å². The number of rotatable bonds is 6. The first-order valence-electron chi connectivity index (χ1n) is 11.2. The third-order valence-electron chi connectivity index (χ3n) is 5.77. The first kappa shape index (κ1) is 23.4. The number of benzene rings is 2. The highest BCUT2D eigenvalue weighted by molar-refractivity contribution is 8.00. The van der Waals surface area contributed by atoms with Crippen molar-refractivity contribution in [1.29, 1.82) is 0 Å². The van der Waals surface area contributed by atoms with Crippen LogP contribution in [0.25, 0.3) is 0 Å². The van der Waals surface area contributed by atoms with E-state index in [-0.39, 0.29) is 11.9 Å². The standard InChI is InChI=1S/C26H28N2O3S2/c1-31-26(30)22-20-11-7-2-3-8-12-21(20)33-25(22)28-24(29)23(17-9-5-4-6-10-17)32-19-15-13-18(27)14-16-19/h4-6,9-10,13-16,23H,2-3,7-8,11-12,27H2,1H3,(H,28,29). The van der Waals surface area contributed by atoms with Crippen LogP contribution in [0.2, 0.25) is 0 Å². The molecule has 0 bridgehead atoms. The number of amides is 1. The molecule has 0 radical (unpaired) electrons. The summed E-state index contributed by atoms with van der Waals surface area (Å²) in [5.74, 6) is -0.548. The number of nitrogen functional groups attached to an aromatic ring is 1. The van der Waals surface area contributed by atoms with Crippen LogP contribution in [0.15, 0.2) is 59.5 Å². The molecule has 5 nitrogen and oxygen atoms in total. The summed E-state index contributed by atoms with van der Waals surface area (Å²) in [6, 6.07) is 17.2. The van der Waals surface area contributed by atoms with Crippen LogP contribution in [0.5, 0.6) is 0 Å². The molecule has 33 heavy (non-hydrogen) atoms. The van der Waals surface area contributed by atoms with Crippen LogP contribution in [0, 0.1) is 0 Å². The van der Waals surface area contributed by atoms with Crippen LogP contribution >= 0.6 is 23.1 Å². The number of aryl methyl sites for hydroxylation is 1. The smallest absolute Gasteiger partial charge is 0.341 e. The Morgan fingerprint density at radius 2 is 1.70 bits per heavy atom. The van der Waals surface area contributed by atoms with Gasteiger partial charge in [0, 0.05) is 15.5 Å². The molecule has 1 aliphatic rings. The van der Waals surface area contributed by atoms with Gasteiger partial charge in [0.05, 0.1) is 12.7 Å². The maximum absolute atomic E-state index is 13.6. The number of esters is 1. The zero-order valence-electron chi connectivity index (χ0n) is 18.6. The van der Waals surface area contributed by atoms with Gasteiger partial charge in [0.15, 0.2) is 0 Å². The van der Waals surface area contributed by atoms with Crippen LogP contribution in [0.4, 0.5) is 10.7 Å². The Kier molecular flexibility index (Phi) is 7.73. The van der Waals surface area contributed by atoms with Crippen LogP contribution in [0.3, 0.4) is 0 Å². The number of hydrogen-bond acceptors (Lipinski definition) is 6. The van der Waals surface area contributed by atoms with Crippen LogP contribution < -0.4 is 11.1 Å².